The fourth-order valence-corrected chi connectivity index (χ4v) is 3.69. The number of aromatic nitrogens is 3. The average molecular weight is 431 g/mol. The van der Waals surface area contributed by atoms with E-state index in [1.165, 1.54) is 0 Å². The predicted octanol–water partition coefficient (Wildman–Crippen LogP) is 4.03. The second-order valence-electron chi connectivity index (χ2n) is 7.72. The first kappa shape index (κ1) is 21.3. The van der Waals surface area contributed by atoms with Crippen molar-refractivity contribution in [3.05, 3.63) is 66.5 Å². The number of carbonyl (C=O) groups excluding carboxylic acids is 1. The van der Waals surface area contributed by atoms with Gasteiger partial charge in [-0.05, 0) is 63.5 Å². The largest absolute Gasteiger partial charge is 0.496 e. The Hall–Kier alpha value is -3.91. The summed E-state index contributed by atoms with van der Waals surface area (Å²) in [5, 5.41) is 4.16. The smallest absolute Gasteiger partial charge is 0.265 e. The van der Waals surface area contributed by atoms with Crippen molar-refractivity contribution in [3.63, 3.8) is 0 Å². The van der Waals surface area contributed by atoms with Gasteiger partial charge in [0, 0.05) is 22.8 Å². The van der Waals surface area contributed by atoms with E-state index in [0.717, 1.165) is 33.6 Å². The van der Waals surface area contributed by atoms with Crippen LogP contribution in [0.4, 0.5) is 11.6 Å². The number of nitrogens with one attached hydrogen (secondary N) is 1. The lowest BCUT2D eigenvalue weighted by Crippen LogP contribution is -2.27. The summed E-state index contributed by atoms with van der Waals surface area (Å²) in [6, 6.07) is 17.2. The molecule has 0 aliphatic rings. The highest BCUT2D eigenvalue weighted by Crippen LogP contribution is 2.30. The van der Waals surface area contributed by atoms with Crippen LogP contribution < -0.4 is 15.8 Å². The molecule has 2 aromatic heterocycles. The first-order chi connectivity index (χ1) is 15.4. The van der Waals surface area contributed by atoms with Gasteiger partial charge in [-0.25, -0.2) is 9.97 Å². The van der Waals surface area contributed by atoms with Crippen molar-refractivity contribution >= 4 is 28.4 Å². The third-order valence-corrected chi connectivity index (χ3v) is 5.51. The summed E-state index contributed by atoms with van der Waals surface area (Å²) in [4.78, 5) is 23.1. The number of methoxy groups -OCH3 is 1. The summed E-state index contributed by atoms with van der Waals surface area (Å²) in [5.41, 5.74) is 9.48. The Labute approximate surface area is 186 Å². The number of amides is 1. The quantitative estimate of drug-likeness (QED) is 0.459. The van der Waals surface area contributed by atoms with Gasteiger partial charge >= 0.3 is 0 Å². The molecule has 8 heteroatoms. The van der Waals surface area contributed by atoms with E-state index in [0.29, 0.717) is 11.6 Å². The Morgan fingerprint density at radius 1 is 1.16 bits per heavy atom. The molecular weight excluding hydrogens is 404 g/mol. The van der Waals surface area contributed by atoms with Crippen molar-refractivity contribution in [1.29, 1.82) is 0 Å². The summed E-state index contributed by atoms with van der Waals surface area (Å²) in [6.07, 6.45) is 1.67. The maximum Gasteiger partial charge on any atom is 0.265 e. The Kier molecular flexibility index (Phi) is 5.79. The molecule has 4 rings (SSSR count). The van der Waals surface area contributed by atoms with Crippen molar-refractivity contribution in [3.8, 4) is 17.0 Å². The second-order valence-corrected chi connectivity index (χ2v) is 7.72. The Bertz CT molecular complexity index is 1280. The highest BCUT2D eigenvalue weighted by atomic mass is 16.5. The van der Waals surface area contributed by atoms with Crippen LogP contribution in [0.2, 0.25) is 0 Å². The van der Waals surface area contributed by atoms with Gasteiger partial charge in [0.25, 0.3) is 5.91 Å². The molecule has 32 heavy (non-hydrogen) atoms. The van der Waals surface area contributed by atoms with Gasteiger partial charge in [-0.2, -0.15) is 0 Å². The van der Waals surface area contributed by atoms with Gasteiger partial charge in [-0.15, -0.1) is 0 Å². The Morgan fingerprint density at radius 3 is 2.66 bits per heavy atom. The molecule has 0 bridgehead atoms. The summed E-state index contributed by atoms with van der Waals surface area (Å²) in [6.45, 7) is 2.02. The minimum absolute atomic E-state index is 0.0327. The molecule has 0 saturated carbocycles. The maximum atomic E-state index is 12.1. The van der Waals surface area contributed by atoms with E-state index in [4.69, 9.17) is 10.5 Å². The van der Waals surface area contributed by atoms with Crippen LogP contribution in [0.3, 0.4) is 0 Å². The standard InChI is InChI=1S/C24H26N6O2/c1-15(29(2)3)30-20-10-9-17(13-16(20)14-21(30)23(25)31)27-24-26-12-11-19(28-24)18-7-5-6-8-22(18)32-4/h5-15H,1-4H3,(H2,25,31)(H,26,27,28). The van der Waals surface area contributed by atoms with Crippen molar-refractivity contribution in [2.75, 3.05) is 26.5 Å². The summed E-state index contributed by atoms with van der Waals surface area (Å²) >= 11 is 0. The van der Waals surface area contributed by atoms with Crippen molar-refractivity contribution < 1.29 is 9.53 Å². The van der Waals surface area contributed by atoms with E-state index in [-0.39, 0.29) is 6.17 Å². The number of hydrogen-bond donors (Lipinski definition) is 2. The van der Waals surface area contributed by atoms with Crippen LogP contribution in [-0.2, 0) is 0 Å². The summed E-state index contributed by atoms with van der Waals surface area (Å²) in [7, 11) is 5.56. The topological polar surface area (TPSA) is 98.3 Å². The molecule has 0 radical (unpaired) electrons. The number of hydrogen-bond acceptors (Lipinski definition) is 6. The number of para-hydroxylation sites is 1. The average Bonchev–Trinajstić information content (AvgIpc) is 3.17. The van der Waals surface area contributed by atoms with Crippen LogP contribution in [0.1, 0.15) is 23.6 Å². The molecule has 0 spiro atoms. The van der Waals surface area contributed by atoms with E-state index in [1.54, 1.807) is 13.3 Å². The van der Waals surface area contributed by atoms with Gasteiger partial charge in [0.15, 0.2) is 0 Å². The molecule has 164 valence electrons. The number of anilines is 2. The molecule has 1 unspecified atom stereocenters. The van der Waals surface area contributed by atoms with E-state index in [9.17, 15) is 4.79 Å². The van der Waals surface area contributed by atoms with Gasteiger partial charge < -0.3 is 20.4 Å². The predicted molar refractivity (Wildman–Crippen MR) is 126 cm³/mol. The number of primary amides is 1. The number of benzene rings is 2. The van der Waals surface area contributed by atoms with Crippen LogP contribution in [0.5, 0.6) is 5.75 Å². The zero-order chi connectivity index (χ0) is 22.8. The third-order valence-electron chi connectivity index (χ3n) is 5.51. The molecule has 4 aromatic rings. The molecule has 0 aliphatic carbocycles. The van der Waals surface area contributed by atoms with E-state index < -0.39 is 5.91 Å². The molecular formula is C24H26N6O2. The molecule has 0 aliphatic heterocycles. The minimum atomic E-state index is -0.461. The van der Waals surface area contributed by atoms with Crippen LogP contribution in [-0.4, -0.2) is 46.5 Å². The molecule has 3 N–H and O–H groups in total. The van der Waals surface area contributed by atoms with Crippen molar-refractivity contribution in [1.82, 2.24) is 19.4 Å². The fourth-order valence-electron chi connectivity index (χ4n) is 3.69. The zero-order valence-electron chi connectivity index (χ0n) is 18.5. The lowest BCUT2D eigenvalue weighted by atomic mass is 10.1. The maximum absolute atomic E-state index is 12.1. The van der Waals surface area contributed by atoms with E-state index in [2.05, 4.69) is 15.3 Å². The van der Waals surface area contributed by atoms with Gasteiger partial charge in [0.2, 0.25) is 5.95 Å². The first-order valence-electron chi connectivity index (χ1n) is 10.2. The molecule has 0 fully saturated rings. The Balaban J connectivity index is 1.69. The van der Waals surface area contributed by atoms with E-state index >= 15 is 0 Å². The summed E-state index contributed by atoms with van der Waals surface area (Å²) < 4.78 is 7.40. The lowest BCUT2D eigenvalue weighted by Gasteiger charge is -2.24. The minimum Gasteiger partial charge on any atom is -0.496 e. The van der Waals surface area contributed by atoms with Gasteiger partial charge in [-0.3, -0.25) is 9.69 Å². The highest BCUT2D eigenvalue weighted by molar-refractivity contribution is 5.98. The van der Waals surface area contributed by atoms with Crippen molar-refractivity contribution in [2.24, 2.45) is 5.73 Å². The molecule has 8 nitrogen and oxygen atoms in total. The first-order valence-corrected chi connectivity index (χ1v) is 10.2. The highest BCUT2D eigenvalue weighted by Gasteiger charge is 2.19. The number of rotatable bonds is 7. The number of nitrogens with zero attached hydrogens (tertiary/aromatic N) is 4. The summed E-state index contributed by atoms with van der Waals surface area (Å²) in [5.74, 6) is 0.745. The number of fused-ring (bicyclic) bond motifs is 1. The molecule has 2 heterocycles. The van der Waals surface area contributed by atoms with Gasteiger partial charge in [0.1, 0.15) is 11.4 Å². The second kappa shape index (κ2) is 8.68. The number of nitrogens with two attached hydrogens (primary N) is 1. The SMILES string of the molecule is COc1ccccc1-c1ccnc(Nc2ccc3c(c2)cc(C(N)=O)n3C(C)N(C)C)n1. The Morgan fingerprint density at radius 2 is 1.94 bits per heavy atom. The van der Waals surface area contributed by atoms with Crippen LogP contribution >= 0.6 is 0 Å². The molecule has 1 atom stereocenters. The van der Waals surface area contributed by atoms with Crippen LogP contribution in [0.15, 0.2) is 60.8 Å². The third kappa shape index (κ3) is 4.00. The molecule has 1 amide bonds. The monoisotopic (exact) mass is 430 g/mol. The van der Waals surface area contributed by atoms with Gasteiger partial charge in [0.05, 0.1) is 24.5 Å². The van der Waals surface area contributed by atoms with Crippen molar-refractivity contribution in [2.45, 2.75) is 13.1 Å². The van der Waals surface area contributed by atoms with Crippen LogP contribution in [0, 0.1) is 0 Å². The lowest BCUT2D eigenvalue weighted by molar-refractivity contribution is 0.0983. The normalized spacial score (nSPS) is 12.2. The molecule has 0 saturated heterocycles. The van der Waals surface area contributed by atoms with Gasteiger partial charge in [-0.1, -0.05) is 12.1 Å². The zero-order valence-corrected chi connectivity index (χ0v) is 18.5. The fraction of sp³-hybridized carbons (Fsp3) is 0.208. The number of carbonyl (C=O) groups is 1. The molecule has 2 aromatic carbocycles. The van der Waals surface area contributed by atoms with Crippen LogP contribution in [0.25, 0.3) is 22.2 Å². The van der Waals surface area contributed by atoms with E-state index in [1.807, 2.05) is 85.1 Å². The number of ether oxygens (including phenoxy) is 1.